The Hall–Kier alpha value is -1.59. The van der Waals surface area contributed by atoms with Gasteiger partial charge in [-0.3, -0.25) is 0 Å². The summed E-state index contributed by atoms with van der Waals surface area (Å²) in [7, 11) is 0. The molecule has 2 aromatic rings. The fourth-order valence-electron chi connectivity index (χ4n) is 2.10. The van der Waals surface area contributed by atoms with Crippen molar-refractivity contribution in [2.75, 3.05) is 13.2 Å². The molecule has 3 nitrogen and oxygen atoms in total. The molecule has 0 atom stereocenters. The van der Waals surface area contributed by atoms with E-state index in [-0.39, 0.29) is 0 Å². The van der Waals surface area contributed by atoms with Gasteiger partial charge in [0.25, 0.3) is 0 Å². The maximum atomic E-state index is 5.71. The molecular formula is C17H18BrNO2S. The van der Waals surface area contributed by atoms with Gasteiger partial charge in [-0.1, -0.05) is 18.3 Å². The van der Waals surface area contributed by atoms with Crippen LogP contribution in [0.3, 0.4) is 0 Å². The second-order valence-electron chi connectivity index (χ2n) is 5.03. The summed E-state index contributed by atoms with van der Waals surface area (Å²) in [5.74, 6) is 1.60. The molecule has 0 aliphatic heterocycles. The number of thiocarbonyl (C=S) groups is 1. The Morgan fingerprint density at radius 2 is 1.68 bits per heavy atom. The third kappa shape index (κ3) is 4.71. The van der Waals surface area contributed by atoms with Crippen molar-refractivity contribution in [1.29, 1.82) is 0 Å². The summed E-state index contributed by atoms with van der Waals surface area (Å²) in [5, 5.41) is 0. The van der Waals surface area contributed by atoms with E-state index >= 15 is 0 Å². The number of hydrogen-bond donors (Lipinski definition) is 1. The van der Waals surface area contributed by atoms with E-state index in [2.05, 4.69) is 35.8 Å². The Bertz CT molecular complexity index is 668. The lowest BCUT2D eigenvalue weighted by molar-refractivity contribution is 0.216. The third-order valence-corrected chi connectivity index (χ3v) is 3.88. The zero-order chi connectivity index (χ0) is 16.1. The molecule has 2 rings (SSSR count). The molecule has 0 heterocycles. The number of nitrogens with two attached hydrogens (primary N) is 1. The maximum Gasteiger partial charge on any atom is 0.133 e. The molecule has 0 aromatic heterocycles. The molecule has 22 heavy (non-hydrogen) atoms. The van der Waals surface area contributed by atoms with Crippen molar-refractivity contribution in [3.63, 3.8) is 0 Å². The van der Waals surface area contributed by atoms with Crippen LogP contribution < -0.4 is 15.2 Å². The monoisotopic (exact) mass is 379 g/mol. The average molecular weight is 380 g/mol. The van der Waals surface area contributed by atoms with E-state index in [0.29, 0.717) is 18.2 Å². The second kappa shape index (κ2) is 7.61. The highest BCUT2D eigenvalue weighted by molar-refractivity contribution is 9.10. The number of aryl methyl sites for hydroxylation is 2. The fraction of sp³-hybridized carbons (Fsp3) is 0.235. The summed E-state index contributed by atoms with van der Waals surface area (Å²) in [6.07, 6.45) is 0. The Morgan fingerprint density at radius 3 is 2.27 bits per heavy atom. The lowest BCUT2D eigenvalue weighted by Crippen LogP contribution is -2.11. The van der Waals surface area contributed by atoms with Crippen LogP contribution >= 0.6 is 28.1 Å². The summed E-state index contributed by atoms with van der Waals surface area (Å²) in [4.78, 5) is 0.366. The highest BCUT2D eigenvalue weighted by atomic mass is 79.9. The van der Waals surface area contributed by atoms with Crippen molar-refractivity contribution in [1.82, 2.24) is 0 Å². The molecule has 5 heteroatoms. The van der Waals surface area contributed by atoms with E-state index in [4.69, 9.17) is 27.4 Å². The van der Waals surface area contributed by atoms with Gasteiger partial charge in [-0.15, -0.1) is 0 Å². The molecule has 2 aromatic carbocycles. The molecule has 2 N–H and O–H groups in total. The number of benzene rings is 2. The number of halogens is 1. The van der Waals surface area contributed by atoms with E-state index in [1.807, 2.05) is 30.3 Å². The van der Waals surface area contributed by atoms with Crippen LogP contribution in [0, 0.1) is 13.8 Å². The second-order valence-corrected chi connectivity index (χ2v) is 6.32. The highest BCUT2D eigenvalue weighted by Gasteiger charge is 2.05. The van der Waals surface area contributed by atoms with Crippen molar-refractivity contribution >= 4 is 33.1 Å². The summed E-state index contributed by atoms with van der Waals surface area (Å²) in [6.45, 7) is 5.04. The first kappa shape index (κ1) is 16.8. The molecule has 0 bridgehead atoms. The van der Waals surface area contributed by atoms with Gasteiger partial charge in [0.1, 0.15) is 29.7 Å². The molecule has 0 saturated heterocycles. The lowest BCUT2D eigenvalue weighted by atomic mass is 10.1. The summed E-state index contributed by atoms with van der Waals surface area (Å²) in [6, 6.07) is 11.7. The van der Waals surface area contributed by atoms with Crippen molar-refractivity contribution in [2.45, 2.75) is 13.8 Å². The standard InChI is InChI=1S/C17H18BrNO2S/c1-11-7-12(2)9-14(8-11)20-5-6-21-16-4-3-13(17(19)22)10-15(16)18/h3-4,7-10H,5-6H2,1-2H3,(H2,19,22). The van der Waals surface area contributed by atoms with Crippen LogP contribution in [0.2, 0.25) is 0 Å². The number of rotatable bonds is 6. The Balaban J connectivity index is 1.87. The third-order valence-electron chi connectivity index (χ3n) is 3.02. The molecule has 0 saturated carbocycles. The largest absolute Gasteiger partial charge is 0.490 e. The van der Waals surface area contributed by atoms with Gasteiger partial charge < -0.3 is 15.2 Å². The normalized spacial score (nSPS) is 10.3. The maximum absolute atomic E-state index is 5.71. The summed E-state index contributed by atoms with van der Waals surface area (Å²) < 4.78 is 12.2. The lowest BCUT2D eigenvalue weighted by Gasteiger charge is -2.11. The first-order valence-electron chi connectivity index (χ1n) is 6.89. The number of ether oxygens (including phenoxy) is 2. The number of hydrogen-bond acceptors (Lipinski definition) is 3. The van der Waals surface area contributed by atoms with Gasteiger partial charge >= 0.3 is 0 Å². The highest BCUT2D eigenvalue weighted by Crippen LogP contribution is 2.26. The van der Waals surface area contributed by atoms with Crippen LogP contribution in [0.1, 0.15) is 16.7 Å². The molecule has 0 aliphatic rings. The molecule has 0 fully saturated rings. The van der Waals surface area contributed by atoms with Gasteiger partial charge in [0.2, 0.25) is 0 Å². The molecule has 0 radical (unpaired) electrons. The molecule has 0 aliphatic carbocycles. The molecule has 0 spiro atoms. The Labute approximate surface area is 144 Å². The minimum Gasteiger partial charge on any atom is -0.490 e. The van der Waals surface area contributed by atoms with Gasteiger partial charge in [-0.05, 0) is 71.2 Å². The first-order chi connectivity index (χ1) is 10.5. The molecular weight excluding hydrogens is 362 g/mol. The van der Waals surface area contributed by atoms with Crippen LogP contribution in [0.4, 0.5) is 0 Å². The first-order valence-corrected chi connectivity index (χ1v) is 8.09. The van der Waals surface area contributed by atoms with E-state index in [0.717, 1.165) is 21.5 Å². The van der Waals surface area contributed by atoms with Gasteiger partial charge in [0.05, 0.1) is 4.47 Å². The predicted molar refractivity (Wildman–Crippen MR) is 96.9 cm³/mol. The smallest absolute Gasteiger partial charge is 0.133 e. The van der Waals surface area contributed by atoms with Gasteiger partial charge in [-0.2, -0.15) is 0 Å². The van der Waals surface area contributed by atoms with Crippen LogP contribution in [0.15, 0.2) is 40.9 Å². The van der Waals surface area contributed by atoms with Crippen molar-refractivity contribution in [3.05, 3.63) is 57.6 Å². The molecule has 0 amide bonds. The minimum atomic E-state index is 0.366. The van der Waals surface area contributed by atoms with E-state index in [1.54, 1.807) is 0 Å². The predicted octanol–water partition coefficient (Wildman–Crippen LogP) is 4.16. The Morgan fingerprint density at radius 1 is 1.05 bits per heavy atom. The fourth-order valence-corrected chi connectivity index (χ4v) is 2.72. The van der Waals surface area contributed by atoms with E-state index < -0.39 is 0 Å². The minimum absolute atomic E-state index is 0.366. The SMILES string of the molecule is Cc1cc(C)cc(OCCOc2ccc(C(N)=S)cc2Br)c1. The summed E-state index contributed by atoms with van der Waals surface area (Å²) in [5.41, 5.74) is 8.77. The van der Waals surface area contributed by atoms with Gasteiger partial charge in [-0.25, -0.2) is 0 Å². The van der Waals surface area contributed by atoms with Crippen LogP contribution in [0.5, 0.6) is 11.5 Å². The zero-order valence-electron chi connectivity index (χ0n) is 12.6. The molecule has 116 valence electrons. The van der Waals surface area contributed by atoms with Gasteiger partial charge in [0.15, 0.2) is 0 Å². The van der Waals surface area contributed by atoms with Crippen molar-refractivity contribution in [2.24, 2.45) is 5.73 Å². The van der Waals surface area contributed by atoms with Crippen LogP contribution in [0.25, 0.3) is 0 Å². The summed E-state index contributed by atoms with van der Waals surface area (Å²) >= 11 is 8.39. The van der Waals surface area contributed by atoms with Gasteiger partial charge in [0, 0.05) is 5.56 Å². The molecule has 0 unspecified atom stereocenters. The zero-order valence-corrected chi connectivity index (χ0v) is 15.0. The van der Waals surface area contributed by atoms with Crippen molar-refractivity contribution < 1.29 is 9.47 Å². The van der Waals surface area contributed by atoms with E-state index in [1.165, 1.54) is 11.1 Å². The Kier molecular flexibility index (Phi) is 5.80. The average Bonchev–Trinajstić information content (AvgIpc) is 2.43. The van der Waals surface area contributed by atoms with Crippen molar-refractivity contribution in [3.8, 4) is 11.5 Å². The van der Waals surface area contributed by atoms with Crippen LogP contribution in [-0.4, -0.2) is 18.2 Å². The van der Waals surface area contributed by atoms with Crippen LogP contribution in [-0.2, 0) is 0 Å². The van der Waals surface area contributed by atoms with E-state index in [9.17, 15) is 0 Å². The topological polar surface area (TPSA) is 44.5 Å². The quantitative estimate of drug-likeness (QED) is 0.604.